The van der Waals surface area contributed by atoms with Gasteiger partial charge in [-0.3, -0.25) is 0 Å². The van der Waals surface area contributed by atoms with E-state index in [4.69, 9.17) is 4.74 Å². The van der Waals surface area contributed by atoms with Gasteiger partial charge in [0.2, 0.25) is 5.92 Å². The Hall–Kier alpha value is -0.540. The van der Waals surface area contributed by atoms with E-state index in [1.807, 2.05) is 60.8 Å². The number of rotatable bonds is 10. The van der Waals surface area contributed by atoms with Crippen molar-refractivity contribution in [2.75, 3.05) is 11.5 Å². The highest BCUT2D eigenvalue weighted by atomic mass is 32.2. The normalized spacial score (nSPS) is 14.0. The smallest absolute Gasteiger partial charge is 0.366 e. The number of ether oxygens (including phenoxy) is 1. The van der Waals surface area contributed by atoms with E-state index in [1.54, 1.807) is 0 Å². The molecule has 4 heteroatoms. The molecule has 0 saturated heterocycles. The van der Waals surface area contributed by atoms with Crippen molar-refractivity contribution in [3.05, 3.63) is 35.9 Å². The molecular formula is C16H23O2S2+. The lowest BCUT2D eigenvalue weighted by Crippen LogP contribution is -2.32. The van der Waals surface area contributed by atoms with Crippen molar-refractivity contribution >= 4 is 29.8 Å². The summed E-state index contributed by atoms with van der Waals surface area (Å²) in [7, 11) is 0. The van der Waals surface area contributed by atoms with Gasteiger partial charge in [-0.1, -0.05) is 44.2 Å². The molecule has 1 rings (SSSR count). The van der Waals surface area contributed by atoms with Crippen LogP contribution in [-0.4, -0.2) is 28.5 Å². The molecule has 0 bridgehead atoms. The van der Waals surface area contributed by atoms with Crippen molar-refractivity contribution in [2.45, 2.75) is 38.1 Å². The Bertz CT molecular complexity index is 364. The van der Waals surface area contributed by atoms with E-state index in [0.29, 0.717) is 6.61 Å². The highest BCUT2D eigenvalue weighted by Crippen LogP contribution is 2.32. The number of thioether (sulfide) groups is 2. The molecule has 0 aromatic heterocycles. The Balaban J connectivity index is 2.69. The Morgan fingerprint density at radius 3 is 2.25 bits per heavy atom. The number of hydrogen-bond donors (Lipinski definition) is 0. The van der Waals surface area contributed by atoms with E-state index in [-0.39, 0.29) is 16.6 Å². The highest BCUT2D eigenvalue weighted by molar-refractivity contribution is 8.17. The molecule has 0 aliphatic heterocycles. The molecule has 1 aromatic carbocycles. The van der Waals surface area contributed by atoms with Crippen molar-refractivity contribution in [2.24, 2.45) is 5.92 Å². The van der Waals surface area contributed by atoms with Crippen molar-refractivity contribution in [1.29, 1.82) is 0 Å². The van der Waals surface area contributed by atoms with E-state index in [1.165, 1.54) is 0 Å². The summed E-state index contributed by atoms with van der Waals surface area (Å²) in [5.74, 6) is 1.84. The van der Waals surface area contributed by atoms with Crippen LogP contribution in [0.5, 0.6) is 0 Å². The zero-order valence-corrected chi connectivity index (χ0v) is 14.0. The molecule has 0 amide bonds. The summed E-state index contributed by atoms with van der Waals surface area (Å²) in [4.78, 5) is 11.0. The van der Waals surface area contributed by atoms with Gasteiger partial charge in [-0.2, -0.15) is 0 Å². The van der Waals surface area contributed by atoms with Crippen LogP contribution >= 0.6 is 23.5 Å². The quantitative estimate of drug-likeness (QED) is 0.479. The van der Waals surface area contributed by atoms with Crippen molar-refractivity contribution in [3.63, 3.8) is 0 Å². The molecule has 1 aromatic rings. The van der Waals surface area contributed by atoms with Crippen molar-refractivity contribution in [3.8, 4) is 0 Å². The fraction of sp³-hybridized carbons (Fsp3) is 0.562. The van der Waals surface area contributed by atoms with Crippen LogP contribution in [0.1, 0.15) is 26.3 Å². The predicted octanol–water partition coefficient (Wildman–Crippen LogP) is 4.15. The van der Waals surface area contributed by atoms with Crippen LogP contribution in [0.2, 0.25) is 0 Å². The molecule has 0 aliphatic carbocycles. The summed E-state index contributed by atoms with van der Waals surface area (Å²) < 4.78 is 6.33. The standard InChI is InChI=1S/C16H23O2S2/c1-4-19-16(20-5-2)15(13(3)11-17)18-12-14-9-7-6-8-10-14/h6-10,13,15-16H,4-5,12H2,1-3H3/q+1/t13-,15+/m0/s1. The molecule has 2 nitrogen and oxygen atoms in total. The zero-order chi connectivity index (χ0) is 14.8. The molecular weight excluding hydrogens is 288 g/mol. The van der Waals surface area contributed by atoms with Crippen molar-refractivity contribution < 1.29 is 9.53 Å². The van der Waals surface area contributed by atoms with E-state index in [2.05, 4.69) is 20.1 Å². The molecule has 0 radical (unpaired) electrons. The first kappa shape index (κ1) is 17.5. The average molecular weight is 311 g/mol. The van der Waals surface area contributed by atoms with Crippen LogP contribution in [-0.2, 0) is 16.1 Å². The maximum absolute atomic E-state index is 11.0. The average Bonchev–Trinajstić information content (AvgIpc) is 2.48. The first-order valence-electron chi connectivity index (χ1n) is 6.99. The van der Waals surface area contributed by atoms with Crippen molar-refractivity contribution in [1.82, 2.24) is 0 Å². The van der Waals surface area contributed by atoms with E-state index >= 15 is 0 Å². The molecule has 0 heterocycles. The number of benzene rings is 1. The number of carbonyl (C=O) groups excluding carboxylic acids is 1. The fourth-order valence-electron chi connectivity index (χ4n) is 1.86. The van der Waals surface area contributed by atoms with Gasteiger partial charge in [0.15, 0.2) is 0 Å². The summed E-state index contributed by atoms with van der Waals surface area (Å²) in [6.45, 7) is 6.71. The molecule has 0 aliphatic rings. The summed E-state index contributed by atoms with van der Waals surface area (Å²) in [6.07, 6.45) is 2.00. The van der Waals surface area contributed by atoms with Gasteiger partial charge < -0.3 is 4.74 Å². The zero-order valence-electron chi connectivity index (χ0n) is 12.4. The molecule has 20 heavy (non-hydrogen) atoms. The minimum Gasteiger partial charge on any atom is -0.366 e. The van der Waals surface area contributed by atoms with Gasteiger partial charge in [-0.25, -0.2) is 0 Å². The molecule has 2 atom stereocenters. The van der Waals surface area contributed by atoms with E-state index in [0.717, 1.165) is 17.1 Å². The van der Waals surface area contributed by atoms with E-state index in [9.17, 15) is 4.79 Å². The van der Waals surface area contributed by atoms with Gasteiger partial charge in [-0.15, -0.1) is 23.5 Å². The first-order chi connectivity index (χ1) is 9.72. The molecule has 110 valence electrons. The second-order valence-corrected chi connectivity index (χ2v) is 7.58. The number of hydrogen-bond acceptors (Lipinski definition) is 4. The van der Waals surface area contributed by atoms with Crippen LogP contribution < -0.4 is 0 Å². The SMILES string of the molecule is CCSC(SCC)[C@H](OCc1ccccc1)[C@@H](C)[C+]=O. The predicted molar refractivity (Wildman–Crippen MR) is 89.9 cm³/mol. The Kier molecular flexibility index (Phi) is 8.95. The van der Waals surface area contributed by atoms with Gasteiger partial charge >= 0.3 is 6.29 Å². The minimum atomic E-state index is -0.207. The van der Waals surface area contributed by atoms with Gasteiger partial charge in [0.25, 0.3) is 0 Å². The third-order valence-electron chi connectivity index (χ3n) is 2.89. The van der Waals surface area contributed by atoms with Gasteiger partial charge in [0, 0.05) is 4.79 Å². The van der Waals surface area contributed by atoms with Crippen LogP contribution in [0.25, 0.3) is 0 Å². The minimum absolute atomic E-state index is 0.0948. The Labute approximate surface area is 131 Å². The molecule has 0 unspecified atom stereocenters. The van der Waals surface area contributed by atoms with Crippen LogP contribution in [0.4, 0.5) is 0 Å². The fourth-order valence-corrected chi connectivity index (χ4v) is 4.73. The van der Waals surface area contributed by atoms with Crippen LogP contribution in [0.3, 0.4) is 0 Å². The monoisotopic (exact) mass is 311 g/mol. The third kappa shape index (κ3) is 5.84. The third-order valence-corrected chi connectivity index (χ3v) is 5.57. The molecule has 0 saturated carbocycles. The summed E-state index contributed by atoms with van der Waals surface area (Å²) in [5.41, 5.74) is 1.14. The maximum Gasteiger partial charge on any atom is 0.512 e. The Morgan fingerprint density at radius 1 is 1.15 bits per heavy atom. The lowest BCUT2D eigenvalue weighted by molar-refractivity contribution is 0.0332. The van der Waals surface area contributed by atoms with Gasteiger partial charge in [0.1, 0.15) is 6.10 Å². The second-order valence-electron chi connectivity index (χ2n) is 4.45. The lowest BCUT2D eigenvalue weighted by Gasteiger charge is -2.24. The summed E-state index contributed by atoms with van der Waals surface area (Å²) in [5, 5.41) is 0. The highest BCUT2D eigenvalue weighted by Gasteiger charge is 2.36. The van der Waals surface area contributed by atoms with Gasteiger partial charge in [-0.05, 0) is 24.0 Å². The maximum atomic E-state index is 11.0. The van der Waals surface area contributed by atoms with Gasteiger partial charge in [0.05, 0.1) is 11.2 Å². The lowest BCUT2D eigenvalue weighted by atomic mass is 10.1. The summed E-state index contributed by atoms with van der Waals surface area (Å²) in [6, 6.07) is 10.1. The second kappa shape index (κ2) is 10.2. The topological polar surface area (TPSA) is 26.3 Å². The first-order valence-corrected chi connectivity index (χ1v) is 9.09. The largest absolute Gasteiger partial charge is 0.512 e. The summed E-state index contributed by atoms with van der Waals surface area (Å²) >= 11 is 3.69. The molecule has 0 fully saturated rings. The Morgan fingerprint density at radius 2 is 1.75 bits per heavy atom. The van der Waals surface area contributed by atoms with Crippen LogP contribution in [0.15, 0.2) is 30.3 Å². The molecule has 0 spiro atoms. The molecule has 0 N–H and O–H groups in total. The van der Waals surface area contributed by atoms with E-state index < -0.39 is 0 Å². The van der Waals surface area contributed by atoms with Crippen LogP contribution in [0, 0.1) is 5.92 Å².